The van der Waals surface area contributed by atoms with Crippen LogP contribution in [0.1, 0.15) is 0 Å². The summed E-state index contributed by atoms with van der Waals surface area (Å²) in [4.78, 5) is 0. The van der Waals surface area contributed by atoms with Gasteiger partial charge in [-0.25, -0.2) is 48.3 Å². The van der Waals surface area contributed by atoms with Crippen LogP contribution < -0.4 is 0 Å². The second-order valence-corrected chi connectivity index (χ2v) is 6.36. The minimum atomic E-state index is -2.43. The maximum Gasteiger partial charge on any atom is 0.198 e. The van der Waals surface area contributed by atoms with Crippen molar-refractivity contribution in [2.45, 2.75) is 0 Å². The van der Waals surface area contributed by atoms with Gasteiger partial charge in [0.2, 0.25) is 0 Å². The van der Waals surface area contributed by atoms with E-state index in [1.807, 2.05) is 0 Å². The van der Waals surface area contributed by atoms with Crippen LogP contribution in [0.25, 0.3) is 32.7 Å². The highest BCUT2D eigenvalue weighted by molar-refractivity contribution is 6.13. The lowest BCUT2D eigenvalue weighted by Gasteiger charge is -2.16. The molecule has 0 saturated heterocycles. The summed E-state index contributed by atoms with van der Waals surface area (Å²) in [5.74, 6) is -24.2. The zero-order valence-electron chi connectivity index (χ0n) is 14.4. The van der Waals surface area contributed by atoms with E-state index < -0.39 is 96.7 Å². The molecule has 0 fully saturated rings. The molecule has 160 valence electrons. The summed E-state index contributed by atoms with van der Waals surface area (Å²) in [5, 5.41) is -5.32. The van der Waals surface area contributed by atoms with E-state index in [-0.39, 0.29) is 18.2 Å². The zero-order valence-corrected chi connectivity index (χ0v) is 14.4. The largest absolute Gasteiger partial charge is 0.204 e. The van der Waals surface area contributed by atoms with Crippen LogP contribution in [0.5, 0.6) is 0 Å². The van der Waals surface area contributed by atoms with Gasteiger partial charge in [-0.15, -0.1) is 0 Å². The molecule has 0 aliphatic rings. The molecule has 0 spiro atoms. The SMILES string of the molecule is Fc1cc(-c2c3c(F)c(F)c(F)c(F)c3cc3c(F)c(F)c(F)c(F)c23)cc(F)c1F. The molecule has 0 aliphatic heterocycles. The van der Waals surface area contributed by atoms with Gasteiger partial charge in [0.1, 0.15) is 0 Å². The number of benzene rings is 4. The van der Waals surface area contributed by atoms with Crippen LogP contribution in [-0.4, -0.2) is 0 Å². The van der Waals surface area contributed by atoms with Gasteiger partial charge in [-0.2, -0.15) is 0 Å². The van der Waals surface area contributed by atoms with Crippen LogP contribution in [0, 0.1) is 64.0 Å². The van der Waals surface area contributed by atoms with E-state index in [2.05, 4.69) is 0 Å². The van der Waals surface area contributed by atoms with E-state index in [4.69, 9.17) is 0 Å². The summed E-state index contributed by atoms with van der Waals surface area (Å²) >= 11 is 0. The van der Waals surface area contributed by atoms with Gasteiger partial charge < -0.3 is 0 Å². The first kappa shape index (κ1) is 20.9. The highest BCUT2D eigenvalue weighted by Gasteiger charge is 2.30. The van der Waals surface area contributed by atoms with Crippen molar-refractivity contribution < 1.29 is 48.3 Å². The van der Waals surface area contributed by atoms with Gasteiger partial charge in [-0.05, 0) is 23.8 Å². The summed E-state index contributed by atoms with van der Waals surface area (Å²) < 4.78 is 154. The first-order valence-electron chi connectivity index (χ1n) is 8.06. The molecule has 4 aromatic carbocycles. The fourth-order valence-electron chi connectivity index (χ4n) is 3.32. The average Bonchev–Trinajstić information content (AvgIpc) is 2.75. The molecule has 0 atom stereocenters. The molecule has 0 unspecified atom stereocenters. The van der Waals surface area contributed by atoms with Crippen LogP contribution >= 0.6 is 0 Å². The molecular weight excluding hydrogens is 449 g/mol. The minimum Gasteiger partial charge on any atom is -0.204 e. The molecule has 0 radical (unpaired) electrons. The molecule has 0 amide bonds. The number of hydrogen-bond acceptors (Lipinski definition) is 0. The quantitative estimate of drug-likeness (QED) is 0.124. The summed E-state index contributed by atoms with van der Waals surface area (Å²) in [6, 6.07) is 0.403. The minimum absolute atomic E-state index is 0.115. The lowest BCUT2D eigenvalue weighted by atomic mass is 9.90. The standard InChI is InChI=1S/C20H3F11/c21-7-1-4(2-8(22)14(7)25)9-10-5(12(23)17(28)19(30)15(10)26)3-6-11(9)16(27)20(31)18(29)13(6)24/h1-3H. The van der Waals surface area contributed by atoms with Crippen molar-refractivity contribution in [1.82, 2.24) is 0 Å². The molecule has 0 heterocycles. The molecule has 0 N–H and O–H groups in total. The monoisotopic (exact) mass is 452 g/mol. The fraction of sp³-hybridized carbons (Fsp3) is 0. The second-order valence-electron chi connectivity index (χ2n) is 6.36. The van der Waals surface area contributed by atoms with Crippen LogP contribution in [0.3, 0.4) is 0 Å². The third-order valence-corrected chi connectivity index (χ3v) is 4.67. The Morgan fingerprint density at radius 3 is 1.10 bits per heavy atom. The van der Waals surface area contributed by atoms with Crippen LogP contribution in [0.4, 0.5) is 48.3 Å². The van der Waals surface area contributed by atoms with Crippen molar-refractivity contribution in [3.05, 3.63) is 82.2 Å². The number of halogens is 11. The normalized spacial score (nSPS) is 11.7. The fourth-order valence-corrected chi connectivity index (χ4v) is 3.32. The summed E-state index contributed by atoms with van der Waals surface area (Å²) in [7, 11) is 0. The van der Waals surface area contributed by atoms with Crippen LogP contribution in [0.2, 0.25) is 0 Å². The Morgan fingerprint density at radius 2 is 0.710 bits per heavy atom. The van der Waals surface area contributed by atoms with Crippen molar-refractivity contribution >= 4 is 21.5 Å². The van der Waals surface area contributed by atoms with Crippen LogP contribution in [0.15, 0.2) is 18.2 Å². The van der Waals surface area contributed by atoms with Crippen molar-refractivity contribution in [3.63, 3.8) is 0 Å². The Bertz CT molecular complexity index is 1340. The summed E-state index contributed by atoms with van der Waals surface area (Å²) in [6.07, 6.45) is 0. The lowest BCUT2D eigenvalue weighted by Crippen LogP contribution is -2.05. The Hall–Kier alpha value is -3.37. The Morgan fingerprint density at radius 1 is 0.355 bits per heavy atom. The second kappa shape index (κ2) is 6.82. The molecule has 4 aromatic rings. The van der Waals surface area contributed by atoms with E-state index in [0.717, 1.165) is 0 Å². The molecule has 0 bridgehead atoms. The van der Waals surface area contributed by atoms with Gasteiger partial charge in [0.15, 0.2) is 64.0 Å². The van der Waals surface area contributed by atoms with Gasteiger partial charge in [0.25, 0.3) is 0 Å². The molecule has 0 aliphatic carbocycles. The number of rotatable bonds is 1. The van der Waals surface area contributed by atoms with Gasteiger partial charge in [0, 0.05) is 27.1 Å². The van der Waals surface area contributed by atoms with E-state index >= 15 is 0 Å². The maximum absolute atomic E-state index is 14.6. The maximum atomic E-state index is 14.6. The Balaban J connectivity index is 2.42. The molecule has 0 saturated carbocycles. The molecular formula is C20H3F11. The molecule has 4 rings (SSSR count). The third-order valence-electron chi connectivity index (χ3n) is 4.67. The van der Waals surface area contributed by atoms with Gasteiger partial charge >= 0.3 is 0 Å². The zero-order chi connectivity index (χ0) is 22.9. The first-order valence-corrected chi connectivity index (χ1v) is 8.06. The smallest absolute Gasteiger partial charge is 0.198 e. The first-order chi connectivity index (χ1) is 14.5. The topological polar surface area (TPSA) is 0 Å². The van der Waals surface area contributed by atoms with E-state index in [9.17, 15) is 48.3 Å². The third kappa shape index (κ3) is 2.75. The van der Waals surface area contributed by atoms with Gasteiger partial charge in [-0.3, -0.25) is 0 Å². The number of hydrogen-bond donors (Lipinski definition) is 0. The molecule has 0 aromatic heterocycles. The highest BCUT2D eigenvalue weighted by atomic mass is 19.2. The van der Waals surface area contributed by atoms with Crippen molar-refractivity contribution in [2.24, 2.45) is 0 Å². The van der Waals surface area contributed by atoms with E-state index in [0.29, 0.717) is 0 Å². The summed E-state index contributed by atoms with van der Waals surface area (Å²) in [6.45, 7) is 0. The molecule has 11 heteroatoms. The average molecular weight is 452 g/mol. The molecule has 0 nitrogen and oxygen atoms in total. The lowest BCUT2D eigenvalue weighted by molar-refractivity contribution is 0.416. The Kier molecular flexibility index (Phi) is 4.60. The van der Waals surface area contributed by atoms with E-state index in [1.165, 1.54) is 0 Å². The summed E-state index contributed by atoms with van der Waals surface area (Å²) in [5.41, 5.74) is -2.29. The van der Waals surface area contributed by atoms with Crippen LogP contribution in [-0.2, 0) is 0 Å². The highest BCUT2D eigenvalue weighted by Crippen LogP contribution is 2.43. The van der Waals surface area contributed by atoms with E-state index in [1.54, 1.807) is 0 Å². The number of fused-ring (bicyclic) bond motifs is 2. The van der Waals surface area contributed by atoms with Crippen molar-refractivity contribution in [1.29, 1.82) is 0 Å². The van der Waals surface area contributed by atoms with Gasteiger partial charge in [-0.1, -0.05) is 0 Å². The predicted octanol–water partition coefficient (Wildman–Crippen LogP) is 7.19. The van der Waals surface area contributed by atoms with Gasteiger partial charge in [0.05, 0.1) is 0 Å². The van der Waals surface area contributed by atoms with Crippen molar-refractivity contribution in [3.8, 4) is 11.1 Å². The van der Waals surface area contributed by atoms with Crippen molar-refractivity contribution in [2.75, 3.05) is 0 Å². The molecule has 31 heavy (non-hydrogen) atoms. The predicted molar refractivity (Wildman–Crippen MR) is 86.4 cm³/mol. The Labute approximate surface area is 164 Å².